The molecule has 24 heteroatoms. The summed E-state index contributed by atoms with van der Waals surface area (Å²) in [5.41, 5.74) is 10.5. The van der Waals surface area contributed by atoms with Crippen LogP contribution in [0.15, 0.2) is 242 Å². The van der Waals surface area contributed by atoms with Crippen molar-refractivity contribution in [3.63, 3.8) is 0 Å². The van der Waals surface area contributed by atoms with Crippen molar-refractivity contribution in [1.29, 1.82) is 0 Å². The van der Waals surface area contributed by atoms with Crippen molar-refractivity contribution in [2.75, 3.05) is 0 Å². The number of hydrogen-bond donors (Lipinski definition) is 0. The van der Waals surface area contributed by atoms with Crippen molar-refractivity contribution in [1.82, 2.24) is 53.9 Å². The Morgan fingerprint density at radius 2 is 0.522 bits per heavy atom. The molecule has 0 aliphatic heterocycles. The fourth-order valence-corrected chi connectivity index (χ4v) is 14.2. The van der Waals surface area contributed by atoms with Gasteiger partial charge >= 0.3 is 0 Å². The SMILES string of the molecule is Cc1ccc(CC(=O)Cc2nn(C)c(=O)c3ccccc23)cc1.Cc1ccc(CC(=O)Cc2nn(C)c(=O)c3ccccc23)cc1.Cc1ccc(CC(=O)Cc2nn(C)c(=O)c3ccccc23)cc1Cl.Cc1ccc(CC(=O)Cc2nn(C)c(=O)c3ccccc23)cc1Cl.Cn1nc(CC(=O)Cc2nccs2)c2ccccc2c1=O. The second-order valence-electron chi connectivity index (χ2n) is 28.1. The van der Waals surface area contributed by atoms with Crippen LogP contribution in [-0.4, -0.2) is 82.8 Å². The number of rotatable bonds is 20. The number of carbonyl (C=O) groups is 5. The van der Waals surface area contributed by atoms with Crippen molar-refractivity contribution in [3.05, 3.63) is 358 Å². The van der Waals surface area contributed by atoms with Gasteiger partial charge in [0, 0.05) is 109 Å². The molecule has 0 saturated heterocycles. The third-order valence-corrected chi connectivity index (χ3v) is 20.7. The van der Waals surface area contributed by atoms with Crippen molar-refractivity contribution in [2.24, 2.45) is 35.2 Å². The molecule has 0 bridgehead atoms. The van der Waals surface area contributed by atoms with Crippen LogP contribution >= 0.6 is 34.5 Å². The summed E-state index contributed by atoms with van der Waals surface area (Å²) >= 11 is 13.7. The smallest absolute Gasteiger partial charge is 0.274 e. The van der Waals surface area contributed by atoms with E-state index in [4.69, 9.17) is 23.2 Å². The Bertz CT molecular complexity index is 6190. The lowest BCUT2D eigenvalue weighted by Crippen LogP contribution is -2.22. The van der Waals surface area contributed by atoms with Crippen LogP contribution in [0.2, 0.25) is 10.0 Å². The van der Waals surface area contributed by atoms with E-state index >= 15 is 0 Å². The average Bonchev–Trinajstić information content (AvgIpc) is 1.30. The van der Waals surface area contributed by atoms with Gasteiger partial charge in [-0.15, -0.1) is 11.3 Å². The number of hydrogen-bond acceptors (Lipinski definition) is 17. The highest BCUT2D eigenvalue weighted by Crippen LogP contribution is 2.24. The number of carbonyl (C=O) groups excluding carboxylic acids is 5. The number of thiazole rings is 1. The first kappa shape index (κ1) is 83.2. The van der Waals surface area contributed by atoms with Gasteiger partial charge in [-0.25, -0.2) is 28.4 Å². The van der Waals surface area contributed by atoms with E-state index in [0.29, 0.717) is 97.6 Å². The minimum atomic E-state index is -0.160. The molecule has 21 nitrogen and oxygen atoms in total. The number of aryl methyl sites for hydroxylation is 9. The number of Topliss-reactive ketones (excluding diaryl/α,β-unsaturated/α-hetero) is 5. The predicted molar refractivity (Wildman–Crippen MR) is 454 cm³/mol. The van der Waals surface area contributed by atoms with Crippen LogP contribution in [0.25, 0.3) is 53.9 Å². The summed E-state index contributed by atoms with van der Waals surface area (Å²) in [5, 5.41) is 32.0. The molecule has 0 aliphatic rings. The quantitative estimate of drug-likeness (QED) is 0.0686. The van der Waals surface area contributed by atoms with Gasteiger partial charge in [-0.2, -0.15) is 25.5 Å². The molecule has 582 valence electrons. The van der Waals surface area contributed by atoms with Crippen LogP contribution in [-0.2, 0) is 123 Å². The third kappa shape index (κ3) is 21.5. The lowest BCUT2D eigenvalue weighted by atomic mass is 10.0. The molecule has 9 aromatic carbocycles. The fraction of sp³-hybridized carbons (Fsp3) is 0.209. The van der Waals surface area contributed by atoms with E-state index in [1.807, 2.05) is 209 Å². The largest absolute Gasteiger partial charge is 0.299 e. The number of ketones is 5. The van der Waals surface area contributed by atoms with Gasteiger partial charge in [-0.05, 0) is 104 Å². The van der Waals surface area contributed by atoms with Gasteiger partial charge in [-0.1, -0.05) is 198 Å². The van der Waals surface area contributed by atoms with Gasteiger partial charge in [0.25, 0.3) is 27.8 Å². The second-order valence-corrected chi connectivity index (χ2v) is 29.9. The summed E-state index contributed by atoms with van der Waals surface area (Å²) in [7, 11) is 8.03. The molecule has 115 heavy (non-hydrogen) atoms. The zero-order valence-corrected chi connectivity index (χ0v) is 67.4. The summed E-state index contributed by atoms with van der Waals surface area (Å²) in [6.45, 7) is 7.89. The van der Waals surface area contributed by atoms with E-state index in [1.54, 1.807) is 71.8 Å². The van der Waals surface area contributed by atoms with Gasteiger partial charge in [-0.3, -0.25) is 47.9 Å². The number of benzene rings is 9. The molecule has 0 fully saturated rings. The van der Waals surface area contributed by atoms with Gasteiger partial charge in [0.05, 0.1) is 98.9 Å². The van der Waals surface area contributed by atoms with Crippen molar-refractivity contribution >= 4 is 117 Å². The highest BCUT2D eigenvalue weighted by atomic mass is 35.5. The molecular weight excluding hydrogens is 1510 g/mol. The van der Waals surface area contributed by atoms with Gasteiger partial charge in [0.15, 0.2) is 0 Å². The first-order valence-electron chi connectivity index (χ1n) is 37.0. The van der Waals surface area contributed by atoms with Crippen LogP contribution in [0.3, 0.4) is 0 Å². The van der Waals surface area contributed by atoms with Gasteiger partial charge < -0.3 is 0 Å². The minimum Gasteiger partial charge on any atom is -0.299 e. The summed E-state index contributed by atoms with van der Waals surface area (Å²) in [5.74, 6) is 0.286. The number of aromatic nitrogens is 11. The van der Waals surface area contributed by atoms with Crippen LogP contribution in [0.1, 0.15) is 78.0 Å². The lowest BCUT2D eigenvalue weighted by Gasteiger charge is -2.08. The topological polar surface area (TPSA) is 273 Å². The molecule has 6 heterocycles. The van der Waals surface area contributed by atoms with E-state index in [2.05, 4.69) is 30.5 Å². The number of fused-ring (bicyclic) bond motifs is 5. The van der Waals surface area contributed by atoms with Crippen molar-refractivity contribution < 1.29 is 24.0 Å². The van der Waals surface area contributed by atoms with E-state index in [0.717, 1.165) is 65.3 Å². The van der Waals surface area contributed by atoms with Crippen LogP contribution in [0, 0.1) is 27.7 Å². The highest BCUT2D eigenvalue weighted by Gasteiger charge is 2.20. The minimum absolute atomic E-state index is 0.0335. The molecule has 0 spiro atoms. The Hall–Kier alpha value is -12.8. The Balaban J connectivity index is 0.000000142. The zero-order valence-electron chi connectivity index (χ0n) is 65.0. The molecule has 0 unspecified atom stereocenters. The van der Waals surface area contributed by atoms with Crippen LogP contribution < -0.4 is 27.8 Å². The molecule has 0 atom stereocenters. The van der Waals surface area contributed by atoms with Gasteiger partial charge in [0.2, 0.25) is 0 Å². The first-order chi connectivity index (χ1) is 55.1. The summed E-state index contributed by atoms with van der Waals surface area (Å²) in [6, 6.07) is 63.5. The Morgan fingerprint density at radius 3 is 0.757 bits per heavy atom. The fourth-order valence-electron chi connectivity index (χ4n) is 13.1. The van der Waals surface area contributed by atoms with E-state index in [-0.39, 0.29) is 88.8 Å². The molecule has 15 rings (SSSR count). The number of nitrogens with zero attached hydrogens (tertiary/aromatic N) is 11. The molecule has 0 N–H and O–H groups in total. The molecule has 6 aromatic heterocycles. The zero-order chi connectivity index (χ0) is 82.1. The highest BCUT2D eigenvalue weighted by molar-refractivity contribution is 7.09. The molecule has 0 aliphatic carbocycles. The summed E-state index contributed by atoms with van der Waals surface area (Å²) in [6.07, 6.45) is 4.33. The summed E-state index contributed by atoms with van der Waals surface area (Å²) < 4.78 is 6.46. The second kappa shape index (κ2) is 38.2. The molecule has 0 saturated carbocycles. The average molecular weight is 1590 g/mol. The Labute approximate surface area is 675 Å². The predicted octanol–water partition coefficient (Wildman–Crippen LogP) is 13.4. The molecule has 0 radical (unpaired) electrons. The molecule has 15 aromatic rings. The number of halogens is 2. The van der Waals surface area contributed by atoms with Crippen molar-refractivity contribution in [2.45, 2.75) is 91.9 Å². The van der Waals surface area contributed by atoms with E-state index < -0.39 is 0 Å². The normalized spacial score (nSPS) is 10.9. The monoisotopic (exact) mass is 1590 g/mol. The van der Waals surface area contributed by atoms with Crippen LogP contribution in [0.5, 0.6) is 0 Å². The Morgan fingerprint density at radius 1 is 0.296 bits per heavy atom. The summed E-state index contributed by atoms with van der Waals surface area (Å²) in [4.78, 5) is 126. The molecular formula is C91H83Cl2N11O10S. The maximum absolute atomic E-state index is 12.4. The molecule has 0 amide bonds. The lowest BCUT2D eigenvalue weighted by molar-refractivity contribution is -0.118. The standard InChI is InChI=1S/2C19H17ClN2O2.2C19H18N2O2.C15H13N3O2S/c2*1-12-7-8-13(10-17(12)20)9-14(23)11-18-15-5-3-4-6-16(15)19(24)22(2)21-18;2*1-13-7-9-14(10-8-13)11-15(22)12-18-16-5-3-4-6-17(16)19(23)21(2)20-18;1-18-15(20)12-5-3-2-4-11(12)13(17-18)8-10(19)9-14-16-6-7-21-14/h2*3-8,10H,9,11H2,1-2H3;2*3-10H,11-12H2,1-2H3;2-7H,8-9H2,1H3. The maximum Gasteiger partial charge on any atom is 0.274 e. The van der Waals surface area contributed by atoms with Crippen molar-refractivity contribution in [3.8, 4) is 0 Å². The third-order valence-electron chi connectivity index (χ3n) is 19.1. The van der Waals surface area contributed by atoms with Crippen LogP contribution in [0.4, 0.5) is 0 Å². The Kier molecular flexibility index (Phi) is 27.6. The van der Waals surface area contributed by atoms with E-state index in [1.165, 1.54) is 45.9 Å². The van der Waals surface area contributed by atoms with E-state index in [9.17, 15) is 47.9 Å². The first-order valence-corrected chi connectivity index (χ1v) is 38.6. The maximum atomic E-state index is 12.4. The van der Waals surface area contributed by atoms with Gasteiger partial charge in [0.1, 0.15) is 28.9 Å².